The normalized spacial score (nSPS) is 15.4. The minimum atomic E-state index is -3.86. The number of rotatable bonds is 7. The number of amides is 1. The molecule has 0 atom stereocenters. The van der Waals surface area contributed by atoms with Crippen molar-refractivity contribution in [1.29, 1.82) is 0 Å². The Morgan fingerprint density at radius 2 is 1.52 bits per heavy atom. The number of carboxylic acid groups (broad SMARTS) is 1. The van der Waals surface area contributed by atoms with Gasteiger partial charge in [-0.05, 0) is 105 Å². The van der Waals surface area contributed by atoms with Crippen LogP contribution in [0.1, 0.15) is 45.5 Å². The lowest BCUT2D eigenvalue weighted by atomic mass is 9.86. The van der Waals surface area contributed by atoms with E-state index in [1.165, 1.54) is 0 Å². The van der Waals surface area contributed by atoms with Gasteiger partial charge >= 0.3 is 5.97 Å². The monoisotopic (exact) mass is 583 g/mol. The molecule has 3 aromatic rings. The lowest BCUT2D eigenvalue weighted by Crippen LogP contribution is -2.59. The van der Waals surface area contributed by atoms with Crippen LogP contribution in [0.25, 0.3) is 11.1 Å². The number of nitrogens with one attached hydrogen (secondary N) is 2. The van der Waals surface area contributed by atoms with Crippen LogP contribution in [0.2, 0.25) is 5.02 Å². The summed E-state index contributed by atoms with van der Waals surface area (Å²) in [6.07, 6.45) is 0.664. The number of nitrogens with zero attached hydrogens (tertiary/aromatic N) is 1. The van der Waals surface area contributed by atoms with Gasteiger partial charge in [0.15, 0.2) is 0 Å². The van der Waals surface area contributed by atoms with Gasteiger partial charge in [0.2, 0.25) is 0 Å². The van der Waals surface area contributed by atoms with Crippen molar-refractivity contribution in [3.8, 4) is 11.1 Å². The van der Waals surface area contributed by atoms with Crippen molar-refractivity contribution < 1.29 is 23.1 Å². The largest absolute Gasteiger partial charge is 0.480 e. The van der Waals surface area contributed by atoms with Crippen molar-refractivity contribution in [2.45, 2.75) is 51.0 Å². The Labute approximate surface area is 240 Å². The summed E-state index contributed by atoms with van der Waals surface area (Å²) in [5.74, 6) is -1.44. The average molecular weight is 584 g/mol. The Kier molecular flexibility index (Phi) is 8.31. The number of aliphatic carboxylic acids is 1. The van der Waals surface area contributed by atoms with E-state index in [2.05, 4.69) is 10.0 Å². The second-order valence-electron chi connectivity index (χ2n) is 10.7. The Bertz CT molecular complexity index is 1570. The molecule has 1 aliphatic heterocycles. The number of halogens is 1. The van der Waals surface area contributed by atoms with Gasteiger partial charge in [0, 0.05) is 29.4 Å². The van der Waals surface area contributed by atoms with Crippen LogP contribution >= 0.6 is 11.6 Å². The summed E-state index contributed by atoms with van der Waals surface area (Å²) < 4.78 is 29.0. The molecule has 1 heterocycles. The third-order valence-electron chi connectivity index (χ3n) is 7.56. The maximum Gasteiger partial charge on any atom is 0.329 e. The number of anilines is 1. The highest BCUT2D eigenvalue weighted by molar-refractivity contribution is 7.92. The summed E-state index contributed by atoms with van der Waals surface area (Å²) >= 11 is 6.15. The fourth-order valence-corrected chi connectivity index (χ4v) is 6.76. The van der Waals surface area contributed by atoms with Crippen LogP contribution in [-0.4, -0.2) is 56.0 Å². The van der Waals surface area contributed by atoms with Crippen LogP contribution in [0.15, 0.2) is 53.4 Å². The molecule has 0 saturated carbocycles. The molecule has 4 rings (SSSR count). The first-order chi connectivity index (χ1) is 18.7. The van der Waals surface area contributed by atoms with Crippen molar-refractivity contribution in [3.63, 3.8) is 0 Å². The van der Waals surface area contributed by atoms with E-state index < -0.39 is 27.4 Å². The highest BCUT2D eigenvalue weighted by Crippen LogP contribution is 2.31. The van der Waals surface area contributed by atoms with Gasteiger partial charge in [-0.25, -0.2) is 13.2 Å². The van der Waals surface area contributed by atoms with Crippen LogP contribution in [-0.2, 0) is 14.8 Å². The third-order valence-corrected chi connectivity index (χ3v) is 9.49. The summed E-state index contributed by atoms with van der Waals surface area (Å²) in [4.78, 5) is 27.7. The van der Waals surface area contributed by atoms with E-state index in [1.54, 1.807) is 44.2 Å². The molecule has 40 heavy (non-hydrogen) atoms. The molecule has 3 N–H and O–H groups in total. The van der Waals surface area contributed by atoms with Crippen molar-refractivity contribution in [2.24, 2.45) is 0 Å². The van der Waals surface area contributed by atoms with E-state index >= 15 is 0 Å². The van der Waals surface area contributed by atoms with E-state index in [1.807, 2.05) is 44.0 Å². The second-order valence-corrected chi connectivity index (χ2v) is 12.7. The van der Waals surface area contributed by atoms with Gasteiger partial charge in [0.25, 0.3) is 15.9 Å². The first-order valence-electron chi connectivity index (χ1n) is 13.0. The topological polar surface area (TPSA) is 116 Å². The highest BCUT2D eigenvalue weighted by atomic mass is 35.5. The number of carboxylic acids is 1. The van der Waals surface area contributed by atoms with Gasteiger partial charge in [-0.1, -0.05) is 35.9 Å². The molecule has 1 aliphatic rings. The van der Waals surface area contributed by atoms with Gasteiger partial charge in [-0.3, -0.25) is 9.52 Å². The molecule has 8 nitrogen and oxygen atoms in total. The van der Waals surface area contributed by atoms with Crippen molar-refractivity contribution in [2.75, 3.05) is 24.9 Å². The number of hydrogen-bond acceptors (Lipinski definition) is 5. The minimum absolute atomic E-state index is 0.158. The average Bonchev–Trinajstić information content (AvgIpc) is 2.87. The lowest BCUT2D eigenvalue weighted by molar-refractivity contribution is -0.146. The smallest absolute Gasteiger partial charge is 0.329 e. The molecule has 0 radical (unpaired) electrons. The van der Waals surface area contributed by atoms with Crippen LogP contribution in [0, 0.1) is 27.7 Å². The molecule has 0 bridgehead atoms. The lowest BCUT2D eigenvalue weighted by Gasteiger charge is -2.38. The SMILES string of the molecule is Cc1cc(S(=O)(=O)Nc2cccc(-c3cc(C)c(C(=O)NC4(C(=O)O)CCN(C)CC4)c(C)c3)c2)c(C)cc1Cl. The van der Waals surface area contributed by atoms with Crippen molar-refractivity contribution in [1.82, 2.24) is 10.2 Å². The first-order valence-corrected chi connectivity index (χ1v) is 14.8. The standard InChI is InChI=1S/C30H34ClN3O5S/c1-18-16-26(19(2)15-25(18)31)40(38,39)33-24-8-6-7-22(17-24)23-13-20(3)27(21(4)14-23)28(35)32-30(29(36)37)9-11-34(5)12-10-30/h6-8,13-17,33H,9-12H2,1-5H3,(H,32,35)(H,36,37). The van der Waals surface area contributed by atoms with Crippen LogP contribution in [0.5, 0.6) is 0 Å². The summed E-state index contributed by atoms with van der Waals surface area (Å²) in [6, 6.07) is 13.9. The maximum atomic E-state index is 13.3. The van der Waals surface area contributed by atoms with E-state index in [0.29, 0.717) is 64.5 Å². The number of piperidine rings is 1. The number of hydrogen-bond donors (Lipinski definition) is 3. The van der Waals surface area contributed by atoms with E-state index in [-0.39, 0.29) is 4.90 Å². The second kappa shape index (κ2) is 11.2. The van der Waals surface area contributed by atoms with Crippen LogP contribution < -0.4 is 10.0 Å². The maximum absolute atomic E-state index is 13.3. The van der Waals surface area contributed by atoms with Gasteiger partial charge in [0.1, 0.15) is 5.54 Å². The molecule has 0 aromatic heterocycles. The predicted octanol–water partition coefficient (Wildman–Crippen LogP) is 5.32. The predicted molar refractivity (Wildman–Crippen MR) is 158 cm³/mol. The number of sulfonamides is 1. The zero-order chi connectivity index (χ0) is 29.4. The summed E-state index contributed by atoms with van der Waals surface area (Å²) in [5, 5.41) is 13.3. The minimum Gasteiger partial charge on any atom is -0.480 e. The zero-order valence-corrected chi connectivity index (χ0v) is 24.8. The van der Waals surface area contributed by atoms with E-state index in [9.17, 15) is 23.1 Å². The number of carbonyl (C=O) groups is 2. The number of likely N-dealkylation sites (tertiary alicyclic amines) is 1. The number of carbonyl (C=O) groups excluding carboxylic acids is 1. The molecule has 1 saturated heterocycles. The Balaban J connectivity index is 1.60. The molecule has 10 heteroatoms. The fourth-order valence-electron chi connectivity index (χ4n) is 5.18. The van der Waals surface area contributed by atoms with Crippen molar-refractivity contribution in [3.05, 3.63) is 81.4 Å². The molecule has 1 amide bonds. The molecule has 1 fully saturated rings. The Morgan fingerprint density at radius 1 is 0.900 bits per heavy atom. The van der Waals surface area contributed by atoms with Crippen LogP contribution in [0.4, 0.5) is 5.69 Å². The number of benzene rings is 3. The Morgan fingerprint density at radius 3 is 2.12 bits per heavy atom. The molecule has 3 aromatic carbocycles. The van der Waals surface area contributed by atoms with E-state index in [0.717, 1.165) is 11.1 Å². The fraction of sp³-hybridized carbons (Fsp3) is 0.333. The number of aryl methyl sites for hydroxylation is 4. The zero-order valence-electron chi connectivity index (χ0n) is 23.3. The van der Waals surface area contributed by atoms with Gasteiger partial charge in [-0.2, -0.15) is 0 Å². The molecule has 0 aliphatic carbocycles. The van der Waals surface area contributed by atoms with Gasteiger partial charge in [-0.15, -0.1) is 0 Å². The molecule has 212 valence electrons. The first kappa shape index (κ1) is 29.6. The quantitative estimate of drug-likeness (QED) is 0.347. The van der Waals surface area contributed by atoms with Crippen LogP contribution in [0.3, 0.4) is 0 Å². The highest BCUT2D eigenvalue weighted by Gasteiger charge is 2.42. The molecule has 0 spiro atoms. The van der Waals surface area contributed by atoms with Gasteiger partial charge in [0.05, 0.1) is 4.90 Å². The summed E-state index contributed by atoms with van der Waals surface area (Å²) in [6.45, 7) is 8.24. The molecular formula is C30H34ClN3O5S. The summed E-state index contributed by atoms with van der Waals surface area (Å²) in [5.41, 5.74) is 3.71. The molecular weight excluding hydrogens is 550 g/mol. The van der Waals surface area contributed by atoms with Crippen molar-refractivity contribution >= 4 is 39.2 Å². The Hall–Kier alpha value is -3.40. The third kappa shape index (κ3) is 6.01. The van der Waals surface area contributed by atoms with Gasteiger partial charge < -0.3 is 15.3 Å². The summed E-state index contributed by atoms with van der Waals surface area (Å²) in [7, 11) is -1.93. The van der Waals surface area contributed by atoms with E-state index in [4.69, 9.17) is 11.6 Å². The molecule has 0 unspecified atom stereocenters.